The molecule has 6 nitrogen and oxygen atoms in total. The van der Waals surface area contributed by atoms with E-state index in [0.29, 0.717) is 26.3 Å². The molecule has 0 amide bonds. The van der Waals surface area contributed by atoms with Gasteiger partial charge in [-0.2, -0.15) is 0 Å². The van der Waals surface area contributed by atoms with Gasteiger partial charge in [0.05, 0.1) is 13.7 Å². The van der Waals surface area contributed by atoms with Gasteiger partial charge in [-0.3, -0.25) is 4.99 Å². The smallest absolute Gasteiger partial charge is 0.191 e. The van der Waals surface area contributed by atoms with Crippen LogP contribution in [0.1, 0.15) is 28.7 Å². The van der Waals surface area contributed by atoms with E-state index >= 15 is 0 Å². The maximum absolute atomic E-state index is 5.96. The molecule has 0 saturated heterocycles. The second-order valence-corrected chi connectivity index (χ2v) is 6.89. The number of guanidine groups is 1. The van der Waals surface area contributed by atoms with Crippen molar-refractivity contribution in [1.29, 1.82) is 0 Å². The molecule has 2 N–H and O–H groups in total. The van der Waals surface area contributed by atoms with Crippen molar-refractivity contribution in [3.63, 3.8) is 0 Å². The van der Waals surface area contributed by atoms with Crippen LogP contribution in [0.2, 0.25) is 0 Å². The maximum Gasteiger partial charge on any atom is 0.191 e. The molecule has 0 spiro atoms. The van der Waals surface area contributed by atoms with Crippen LogP contribution in [0.15, 0.2) is 41.4 Å². The monoisotopic (exact) mass is 527 g/mol. The molecule has 166 valence electrons. The predicted molar refractivity (Wildman–Crippen MR) is 133 cm³/mol. The number of nitrogens with zero attached hydrogens (tertiary/aromatic N) is 1. The van der Waals surface area contributed by atoms with Crippen LogP contribution < -0.4 is 20.1 Å². The Labute approximate surface area is 197 Å². The lowest BCUT2D eigenvalue weighted by atomic mass is 10.1. The zero-order valence-electron chi connectivity index (χ0n) is 18.6. The van der Waals surface area contributed by atoms with Gasteiger partial charge in [0.15, 0.2) is 5.96 Å². The van der Waals surface area contributed by atoms with Gasteiger partial charge in [0, 0.05) is 45.8 Å². The predicted octanol–water partition coefficient (Wildman–Crippen LogP) is 4.21. The number of benzene rings is 2. The molecule has 0 aromatic heterocycles. The van der Waals surface area contributed by atoms with E-state index in [9.17, 15) is 0 Å². The van der Waals surface area contributed by atoms with Crippen LogP contribution in [0.25, 0.3) is 0 Å². The Morgan fingerprint density at radius 1 is 0.933 bits per heavy atom. The fourth-order valence-electron chi connectivity index (χ4n) is 2.89. The second-order valence-electron chi connectivity index (χ2n) is 6.89. The number of hydrogen-bond donors (Lipinski definition) is 2. The number of nitrogens with one attached hydrogen (secondary N) is 2. The van der Waals surface area contributed by atoms with Crippen LogP contribution in [-0.4, -0.2) is 40.4 Å². The van der Waals surface area contributed by atoms with E-state index in [2.05, 4.69) is 52.9 Å². The summed E-state index contributed by atoms with van der Waals surface area (Å²) < 4.78 is 16.4. The summed E-state index contributed by atoms with van der Waals surface area (Å²) in [5.74, 6) is 2.52. The lowest BCUT2D eigenvalue weighted by Crippen LogP contribution is -2.36. The van der Waals surface area contributed by atoms with Gasteiger partial charge in [0.25, 0.3) is 0 Å². The Balaban J connectivity index is 0.00000450. The summed E-state index contributed by atoms with van der Waals surface area (Å²) in [5, 5.41) is 6.70. The van der Waals surface area contributed by atoms with Gasteiger partial charge in [-0.25, -0.2) is 0 Å². The zero-order valence-corrected chi connectivity index (χ0v) is 20.9. The maximum atomic E-state index is 5.96. The van der Waals surface area contributed by atoms with Gasteiger partial charge in [-0.05, 0) is 42.7 Å². The Morgan fingerprint density at radius 2 is 1.70 bits per heavy atom. The third kappa shape index (κ3) is 8.39. The van der Waals surface area contributed by atoms with Crippen molar-refractivity contribution < 1.29 is 14.2 Å². The zero-order chi connectivity index (χ0) is 21.1. The number of rotatable bonds is 10. The highest BCUT2D eigenvalue weighted by Crippen LogP contribution is 2.21. The van der Waals surface area contributed by atoms with Crippen molar-refractivity contribution in [3.8, 4) is 11.5 Å². The van der Waals surface area contributed by atoms with Crippen LogP contribution in [-0.2, 0) is 17.8 Å². The summed E-state index contributed by atoms with van der Waals surface area (Å²) in [7, 11) is 5.16. The van der Waals surface area contributed by atoms with Crippen molar-refractivity contribution in [3.05, 3.63) is 58.7 Å². The summed E-state index contributed by atoms with van der Waals surface area (Å²) in [5.41, 5.74) is 4.52. The summed E-state index contributed by atoms with van der Waals surface area (Å²) in [4.78, 5) is 4.32. The molecule has 2 aromatic rings. The first kappa shape index (κ1) is 26.0. The first-order valence-electron chi connectivity index (χ1n) is 9.86. The molecule has 0 saturated carbocycles. The molecular weight excluding hydrogens is 493 g/mol. The van der Waals surface area contributed by atoms with Crippen molar-refractivity contribution >= 4 is 29.9 Å². The minimum atomic E-state index is 0. The fourth-order valence-corrected chi connectivity index (χ4v) is 2.89. The average molecular weight is 527 g/mol. The summed E-state index contributed by atoms with van der Waals surface area (Å²) >= 11 is 0. The van der Waals surface area contributed by atoms with Crippen LogP contribution >= 0.6 is 24.0 Å². The summed E-state index contributed by atoms with van der Waals surface area (Å²) in [6, 6.07) is 12.4. The lowest BCUT2D eigenvalue weighted by molar-refractivity contribution is 0.171. The molecule has 30 heavy (non-hydrogen) atoms. The summed E-state index contributed by atoms with van der Waals surface area (Å²) in [6.07, 6.45) is 0.862. The van der Waals surface area contributed by atoms with Crippen LogP contribution in [0, 0.1) is 13.8 Å². The average Bonchev–Trinajstić information content (AvgIpc) is 2.73. The van der Waals surface area contributed by atoms with Gasteiger partial charge in [0.2, 0.25) is 0 Å². The second kappa shape index (κ2) is 14.1. The lowest BCUT2D eigenvalue weighted by Gasteiger charge is -2.16. The highest BCUT2D eigenvalue weighted by atomic mass is 127. The molecule has 2 rings (SSSR count). The first-order chi connectivity index (χ1) is 14.1. The molecule has 0 bridgehead atoms. The van der Waals surface area contributed by atoms with E-state index in [1.165, 1.54) is 5.56 Å². The van der Waals surface area contributed by atoms with Crippen LogP contribution in [0.4, 0.5) is 0 Å². The third-order valence-corrected chi connectivity index (χ3v) is 4.58. The Bertz CT molecular complexity index is 812. The van der Waals surface area contributed by atoms with E-state index in [-0.39, 0.29) is 24.0 Å². The molecule has 0 aliphatic rings. The molecule has 0 aliphatic heterocycles. The normalized spacial score (nSPS) is 10.9. The number of aryl methyl sites for hydroxylation is 2. The van der Waals surface area contributed by atoms with Crippen molar-refractivity contribution in [2.45, 2.75) is 33.4 Å². The van der Waals surface area contributed by atoms with Gasteiger partial charge in [0.1, 0.15) is 11.5 Å². The van der Waals surface area contributed by atoms with E-state index in [1.54, 1.807) is 21.3 Å². The quantitative estimate of drug-likeness (QED) is 0.210. The molecule has 7 heteroatoms. The topological polar surface area (TPSA) is 64.1 Å². The molecule has 0 atom stereocenters. The SMILES string of the molecule is CN=C(NCc1ccc(C)c(OC)c1)NCc1ccc(C)cc1OCCCOC.I. The van der Waals surface area contributed by atoms with Gasteiger partial charge < -0.3 is 24.8 Å². The Hall–Kier alpha value is -2.00. The van der Waals surface area contributed by atoms with Crippen molar-refractivity contribution in [2.75, 3.05) is 34.5 Å². The van der Waals surface area contributed by atoms with Crippen molar-refractivity contribution in [1.82, 2.24) is 10.6 Å². The molecule has 0 unspecified atom stereocenters. The number of methoxy groups -OCH3 is 2. The largest absolute Gasteiger partial charge is 0.496 e. The minimum absolute atomic E-state index is 0. The number of ether oxygens (including phenoxy) is 3. The van der Waals surface area contributed by atoms with Crippen molar-refractivity contribution in [2.24, 2.45) is 4.99 Å². The Kier molecular flexibility index (Phi) is 12.2. The number of hydrogen-bond acceptors (Lipinski definition) is 4. The molecule has 0 aliphatic carbocycles. The summed E-state index contributed by atoms with van der Waals surface area (Å²) in [6.45, 7) is 6.70. The highest BCUT2D eigenvalue weighted by molar-refractivity contribution is 14.0. The van der Waals surface area contributed by atoms with E-state index in [0.717, 1.165) is 40.6 Å². The number of aliphatic imine (C=N–C) groups is 1. The highest BCUT2D eigenvalue weighted by Gasteiger charge is 2.07. The van der Waals surface area contributed by atoms with E-state index in [1.807, 2.05) is 13.0 Å². The molecule has 0 heterocycles. The number of halogens is 1. The van der Waals surface area contributed by atoms with E-state index in [4.69, 9.17) is 14.2 Å². The van der Waals surface area contributed by atoms with Crippen LogP contribution in [0.5, 0.6) is 11.5 Å². The van der Waals surface area contributed by atoms with E-state index < -0.39 is 0 Å². The van der Waals surface area contributed by atoms with Gasteiger partial charge in [-0.15, -0.1) is 24.0 Å². The minimum Gasteiger partial charge on any atom is -0.496 e. The third-order valence-electron chi connectivity index (χ3n) is 4.58. The fraction of sp³-hybridized carbons (Fsp3) is 0.435. The van der Waals surface area contributed by atoms with Gasteiger partial charge >= 0.3 is 0 Å². The molecule has 2 aromatic carbocycles. The molecule has 0 fully saturated rings. The van der Waals surface area contributed by atoms with Gasteiger partial charge in [-0.1, -0.05) is 24.3 Å². The molecular formula is C23H34IN3O3. The Morgan fingerprint density at radius 3 is 2.40 bits per heavy atom. The van der Waals surface area contributed by atoms with Crippen LogP contribution in [0.3, 0.4) is 0 Å². The first-order valence-corrected chi connectivity index (χ1v) is 9.86. The standard InChI is InChI=1S/C23H33N3O3.HI/c1-17-7-10-20(22(13-17)29-12-6-11-27-4)16-26-23(24-3)25-15-19-9-8-18(2)21(14-19)28-5;/h7-10,13-14H,6,11-12,15-16H2,1-5H3,(H2,24,25,26);1H. The molecule has 0 radical (unpaired) electrons.